The van der Waals surface area contributed by atoms with Gasteiger partial charge in [-0.3, -0.25) is 14.5 Å². The van der Waals surface area contributed by atoms with Crippen molar-refractivity contribution in [2.45, 2.75) is 6.04 Å². The minimum absolute atomic E-state index is 0.0749. The first kappa shape index (κ1) is 19.5. The fourth-order valence-electron chi connectivity index (χ4n) is 4.60. The maximum atomic E-state index is 13.9. The molecule has 1 amide bonds. The lowest BCUT2D eigenvalue weighted by Crippen LogP contribution is -2.37. The number of benzene rings is 2. The standard InChI is InChI=1S/C22H22F2N2O3/c1-29-20(27)13-25-10-16-11-26(22(28)14-5-7-17(23)8-6-14)21(19(16)12-25)15-3-2-4-18(24)9-15/h2-9,16,19,21H,10-13H2,1H3/t16-,19-,21+/m0/s1. The van der Waals surface area contributed by atoms with Crippen LogP contribution in [0.2, 0.25) is 0 Å². The number of hydrogen-bond donors (Lipinski definition) is 0. The minimum atomic E-state index is -0.403. The molecule has 152 valence electrons. The first-order chi connectivity index (χ1) is 14.0. The van der Waals surface area contributed by atoms with Crippen molar-refractivity contribution >= 4 is 11.9 Å². The number of carbonyl (C=O) groups is 2. The number of amides is 1. The number of likely N-dealkylation sites (tertiary alicyclic amines) is 2. The summed E-state index contributed by atoms with van der Waals surface area (Å²) in [6.45, 7) is 1.98. The first-order valence-corrected chi connectivity index (χ1v) is 9.57. The van der Waals surface area contributed by atoms with Gasteiger partial charge in [0.1, 0.15) is 11.6 Å². The first-order valence-electron chi connectivity index (χ1n) is 9.57. The minimum Gasteiger partial charge on any atom is -0.468 e. The Bertz CT molecular complexity index is 919. The van der Waals surface area contributed by atoms with E-state index in [0.29, 0.717) is 25.2 Å². The Labute approximate surface area is 167 Å². The third-order valence-corrected chi connectivity index (χ3v) is 5.86. The monoisotopic (exact) mass is 400 g/mol. The molecule has 0 aliphatic carbocycles. The molecule has 0 N–H and O–H groups in total. The number of nitrogens with zero attached hydrogens (tertiary/aromatic N) is 2. The van der Waals surface area contributed by atoms with Gasteiger partial charge >= 0.3 is 5.97 Å². The lowest BCUT2D eigenvalue weighted by Gasteiger charge is -2.30. The molecule has 2 aliphatic heterocycles. The number of ether oxygens (including phenoxy) is 1. The molecule has 0 bridgehead atoms. The zero-order chi connectivity index (χ0) is 20.5. The highest BCUT2D eigenvalue weighted by Crippen LogP contribution is 2.45. The fraction of sp³-hybridized carbons (Fsp3) is 0.364. The van der Waals surface area contributed by atoms with Crippen LogP contribution in [0.25, 0.3) is 0 Å². The van der Waals surface area contributed by atoms with E-state index in [-0.39, 0.29) is 42.1 Å². The molecular weight excluding hydrogens is 378 g/mol. The van der Waals surface area contributed by atoms with E-state index in [1.807, 2.05) is 11.0 Å². The van der Waals surface area contributed by atoms with Gasteiger partial charge in [-0.2, -0.15) is 0 Å². The zero-order valence-electron chi connectivity index (χ0n) is 16.1. The van der Waals surface area contributed by atoms with Gasteiger partial charge in [-0.15, -0.1) is 0 Å². The van der Waals surface area contributed by atoms with Gasteiger partial charge < -0.3 is 9.64 Å². The Morgan fingerprint density at radius 1 is 1.03 bits per heavy atom. The van der Waals surface area contributed by atoms with Gasteiger partial charge in [-0.25, -0.2) is 8.78 Å². The van der Waals surface area contributed by atoms with E-state index in [1.54, 1.807) is 11.0 Å². The number of halogens is 2. The molecule has 2 aromatic rings. The van der Waals surface area contributed by atoms with Crippen molar-refractivity contribution in [2.75, 3.05) is 33.3 Å². The summed E-state index contributed by atoms with van der Waals surface area (Å²) in [5.74, 6) is -1.02. The lowest BCUT2D eigenvalue weighted by atomic mass is 9.89. The normalized spacial score (nSPS) is 23.8. The second-order valence-electron chi connectivity index (χ2n) is 7.66. The molecule has 4 rings (SSSR count). The highest BCUT2D eigenvalue weighted by molar-refractivity contribution is 5.94. The number of hydrogen-bond acceptors (Lipinski definition) is 4. The van der Waals surface area contributed by atoms with Crippen LogP contribution in [0.1, 0.15) is 22.0 Å². The van der Waals surface area contributed by atoms with Crippen LogP contribution >= 0.6 is 0 Å². The maximum absolute atomic E-state index is 13.9. The van der Waals surface area contributed by atoms with Gasteiger partial charge in [-0.05, 0) is 47.9 Å². The van der Waals surface area contributed by atoms with E-state index < -0.39 is 5.82 Å². The average molecular weight is 400 g/mol. The predicted octanol–water partition coefficient (Wildman–Crippen LogP) is 2.88. The van der Waals surface area contributed by atoms with E-state index in [0.717, 1.165) is 5.56 Å². The smallest absolute Gasteiger partial charge is 0.319 e. The van der Waals surface area contributed by atoms with Crippen molar-refractivity contribution < 1.29 is 23.1 Å². The van der Waals surface area contributed by atoms with E-state index >= 15 is 0 Å². The van der Waals surface area contributed by atoms with Crippen LogP contribution in [0.4, 0.5) is 8.78 Å². The SMILES string of the molecule is COC(=O)CN1C[C@H]2CN(C(=O)c3ccc(F)cc3)[C@H](c3cccc(F)c3)[C@H]2C1. The number of carbonyl (C=O) groups excluding carboxylic acids is 2. The van der Waals surface area contributed by atoms with Gasteiger partial charge in [0.25, 0.3) is 5.91 Å². The molecule has 3 atom stereocenters. The molecule has 2 heterocycles. The summed E-state index contributed by atoms with van der Waals surface area (Å²) < 4.78 is 32.0. The maximum Gasteiger partial charge on any atom is 0.319 e. The molecule has 0 aromatic heterocycles. The van der Waals surface area contributed by atoms with Crippen molar-refractivity contribution in [1.29, 1.82) is 0 Å². The molecule has 7 heteroatoms. The van der Waals surface area contributed by atoms with E-state index in [4.69, 9.17) is 4.74 Å². The van der Waals surface area contributed by atoms with Crippen LogP contribution in [-0.4, -0.2) is 55.0 Å². The highest BCUT2D eigenvalue weighted by atomic mass is 19.1. The summed E-state index contributed by atoms with van der Waals surface area (Å²) in [6.07, 6.45) is 0. The Balaban J connectivity index is 1.63. The fourth-order valence-corrected chi connectivity index (χ4v) is 4.60. The van der Waals surface area contributed by atoms with Crippen LogP contribution < -0.4 is 0 Å². The highest BCUT2D eigenvalue weighted by Gasteiger charge is 2.49. The van der Waals surface area contributed by atoms with Crippen LogP contribution in [0.15, 0.2) is 48.5 Å². The molecule has 5 nitrogen and oxygen atoms in total. The van der Waals surface area contributed by atoms with Crippen molar-refractivity contribution in [3.63, 3.8) is 0 Å². The second-order valence-corrected chi connectivity index (χ2v) is 7.66. The number of rotatable bonds is 4. The zero-order valence-corrected chi connectivity index (χ0v) is 16.1. The van der Waals surface area contributed by atoms with Crippen molar-refractivity contribution in [1.82, 2.24) is 9.80 Å². The molecule has 2 saturated heterocycles. The lowest BCUT2D eigenvalue weighted by molar-refractivity contribution is -0.141. The van der Waals surface area contributed by atoms with Gasteiger partial charge in [0, 0.05) is 31.1 Å². The Kier molecular flexibility index (Phi) is 5.32. The van der Waals surface area contributed by atoms with Crippen LogP contribution in [0.3, 0.4) is 0 Å². The van der Waals surface area contributed by atoms with Crippen LogP contribution in [0.5, 0.6) is 0 Å². The molecule has 2 aromatic carbocycles. The van der Waals surface area contributed by atoms with Crippen molar-refractivity contribution in [3.05, 3.63) is 71.3 Å². The van der Waals surface area contributed by atoms with Gasteiger partial charge in [0.15, 0.2) is 0 Å². The summed E-state index contributed by atoms with van der Waals surface area (Å²) in [5, 5.41) is 0. The largest absolute Gasteiger partial charge is 0.468 e. The molecule has 29 heavy (non-hydrogen) atoms. The Morgan fingerprint density at radius 2 is 1.79 bits per heavy atom. The van der Waals surface area contributed by atoms with E-state index in [9.17, 15) is 18.4 Å². The van der Waals surface area contributed by atoms with Crippen LogP contribution in [0, 0.1) is 23.5 Å². The topological polar surface area (TPSA) is 49.9 Å². The summed E-state index contributed by atoms with van der Waals surface area (Å²) in [7, 11) is 1.36. The van der Waals surface area contributed by atoms with Gasteiger partial charge in [0.2, 0.25) is 0 Å². The summed E-state index contributed by atoms with van der Waals surface area (Å²) >= 11 is 0. The Morgan fingerprint density at radius 3 is 2.48 bits per heavy atom. The third kappa shape index (κ3) is 3.87. The number of esters is 1. The second kappa shape index (κ2) is 7.91. The number of fused-ring (bicyclic) bond motifs is 1. The summed E-state index contributed by atoms with van der Waals surface area (Å²) in [6, 6.07) is 11.5. The van der Waals surface area contributed by atoms with Crippen molar-refractivity contribution in [2.24, 2.45) is 11.8 Å². The molecule has 0 spiro atoms. The average Bonchev–Trinajstić information content (AvgIpc) is 3.25. The molecule has 0 unspecified atom stereocenters. The van der Waals surface area contributed by atoms with Crippen LogP contribution in [-0.2, 0) is 9.53 Å². The van der Waals surface area contributed by atoms with E-state index in [1.165, 1.54) is 43.5 Å². The predicted molar refractivity (Wildman–Crippen MR) is 102 cm³/mol. The Hall–Kier alpha value is -2.80. The van der Waals surface area contributed by atoms with Crippen molar-refractivity contribution in [3.8, 4) is 0 Å². The van der Waals surface area contributed by atoms with E-state index in [2.05, 4.69) is 0 Å². The molecule has 2 aliphatic rings. The summed E-state index contributed by atoms with van der Waals surface area (Å²) in [4.78, 5) is 28.6. The molecule has 0 radical (unpaired) electrons. The molecule has 2 fully saturated rings. The van der Waals surface area contributed by atoms with Gasteiger partial charge in [0.05, 0.1) is 19.7 Å². The third-order valence-electron chi connectivity index (χ3n) is 5.86. The number of methoxy groups -OCH3 is 1. The summed E-state index contributed by atoms with van der Waals surface area (Å²) in [5.41, 5.74) is 1.13. The quantitative estimate of drug-likeness (QED) is 0.741. The van der Waals surface area contributed by atoms with Gasteiger partial charge in [-0.1, -0.05) is 12.1 Å². The molecule has 0 saturated carbocycles. The molecular formula is C22H22F2N2O3.